The van der Waals surface area contributed by atoms with Gasteiger partial charge in [0.05, 0.1) is 5.82 Å². The Morgan fingerprint density at radius 1 is 0.698 bits per heavy atom. The second kappa shape index (κ2) is 16.1. The van der Waals surface area contributed by atoms with Crippen LogP contribution in [-0.4, -0.2) is 21.2 Å². The summed E-state index contributed by atoms with van der Waals surface area (Å²) in [6, 6.07) is 55.9. The molecule has 11 rings (SSSR count). The largest absolute Gasteiger partial charge is 0.509 e. The molecular weight excluding hydrogens is 953 g/mol. The molecule has 63 heavy (non-hydrogen) atoms. The topological polar surface area (TPSA) is 36.8 Å². The molecule has 0 fully saturated rings. The van der Waals surface area contributed by atoms with Gasteiger partial charge < -0.3 is 23.9 Å². The van der Waals surface area contributed by atoms with E-state index in [4.69, 9.17) is 13.8 Å². The summed E-state index contributed by atoms with van der Waals surface area (Å²) in [4.78, 5) is 11.6. The molecule has 0 atom stereocenters. The van der Waals surface area contributed by atoms with Crippen LogP contribution >= 0.6 is 0 Å². The van der Waals surface area contributed by atoms with Gasteiger partial charge in [-0.15, -0.1) is 48.1 Å². The molecule has 0 amide bonds. The Labute approximate surface area is 388 Å². The van der Waals surface area contributed by atoms with E-state index in [9.17, 15) is 0 Å². The molecule has 0 N–H and O–H groups in total. The van der Waals surface area contributed by atoms with Crippen molar-refractivity contribution in [2.24, 2.45) is 0 Å². The maximum atomic E-state index is 7.89. The van der Waals surface area contributed by atoms with Crippen molar-refractivity contribution >= 4 is 56.9 Å². The normalized spacial score (nSPS) is 15.5. The molecule has 5 heterocycles. The van der Waals surface area contributed by atoms with Crippen LogP contribution in [0, 0.1) is 25.7 Å². The maximum absolute atomic E-state index is 7.89. The van der Waals surface area contributed by atoms with Crippen molar-refractivity contribution in [2.45, 2.75) is 33.0 Å². The minimum absolute atomic E-state index is 0. The number of anilines is 3. The van der Waals surface area contributed by atoms with Crippen LogP contribution in [0.5, 0.6) is 11.5 Å². The molecule has 310 valence electrons. The summed E-state index contributed by atoms with van der Waals surface area (Å²) in [6.45, 7) is 6.55. The van der Waals surface area contributed by atoms with Crippen molar-refractivity contribution in [3.8, 4) is 17.3 Å². The third kappa shape index (κ3) is 7.30. The van der Waals surface area contributed by atoms with Crippen LogP contribution in [0.25, 0.3) is 38.8 Å². The number of aromatic nitrogens is 2. The molecule has 0 radical (unpaired) electrons. The zero-order valence-electron chi connectivity index (χ0n) is 37.9. The average molecular weight is 999 g/mol. The minimum atomic E-state index is -2.17. The van der Waals surface area contributed by atoms with E-state index in [0.717, 1.165) is 72.8 Å². The quantitative estimate of drug-likeness (QED) is 0.117. The predicted molar refractivity (Wildman–Crippen MR) is 255 cm³/mol. The van der Waals surface area contributed by atoms with E-state index in [2.05, 4.69) is 180 Å². The Morgan fingerprint density at radius 3 is 2.25 bits per heavy atom. The monoisotopic (exact) mass is 998 g/mol. The van der Waals surface area contributed by atoms with Crippen LogP contribution in [-0.2, 0) is 26.5 Å². The fourth-order valence-corrected chi connectivity index (χ4v) is 8.68. The molecular formula is C55H43BN5OPt-3. The van der Waals surface area contributed by atoms with Crippen LogP contribution in [0.1, 0.15) is 47.1 Å². The number of rotatable bonds is 7. The standard InChI is InChI=1S/C55H43BN5O.Pt/c1-38-21-23-39(24-22-38)41-27-30-56-31-28-46(40-13-6-5-7-14-40)54(60(56)36-41)59-37-58(50-19-10-11-20-51(50)59)43-15-12-16-44(34-43)62-45-25-26-48-47-17-8-9-18-49(47)61(52(48)35-45)53-33-42(29-32-57-53)55(2,3)4;/h5-33,36-37H,1-4H3;/q-3;/i1D3;. The van der Waals surface area contributed by atoms with Gasteiger partial charge in [0, 0.05) is 71.5 Å². The van der Waals surface area contributed by atoms with E-state index in [-0.39, 0.29) is 33.3 Å². The van der Waals surface area contributed by atoms with Gasteiger partial charge in [0.15, 0.2) is 0 Å². The number of aryl methyl sites for hydroxylation is 1. The summed E-state index contributed by atoms with van der Waals surface area (Å²) >= 11 is 0. The number of benzene rings is 6. The predicted octanol–water partition coefficient (Wildman–Crippen LogP) is 13.2. The molecule has 6 nitrogen and oxygen atoms in total. The summed E-state index contributed by atoms with van der Waals surface area (Å²) < 4.78 is 32.5. The Balaban J connectivity index is 0.00000511. The molecule has 6 aromatic carbocycles. The van der Waals surface area contributed by atoms with Crippen LogP contribution in [0.2, 0.25) is 0 Å². The summed E-state index contributed by atoms with van der Waals surface area (Å²) in [7, 11) is 0. The first-order valence-electron chi connectivity index (χ1n) is 22.4. The van der Waals surface area contributed by atoms with Gasteiger partial charge in [0.1, 0.15) is 5.82 Å². The van der Waals surface area contributed by atoms with Gasteiger partial charge in [-0.1, -0.05) is 141 Å². The first-order valence-corrected chi connectivity index (χ1v) is 20.9. The molecule has 2 aromatic heterocycles. The molecule has 0 bridgehead atoms. The van der Waals surface area contributed by atoms with E-state index in [1.807, 2.05) is 48.7 Å². The molecule has 3 aliphatic rings. The average Bonchev–Trinajstić information content (AvgIpc) is 3.87. The van der Waals surface area contributed by atoms with Gasteiger partial charge in [0.25, 0.3) is 0 Å². The van der Waals surface area contributed by atoms with Gasteiger partial charge in [0.2, 0.25) is 0 Å². The third-order valence-electron chi connectivity index (χ3n) is 11.8. The number of fused-ring (bicyclic) bond motifs is 5. The second-order valence-electron chi connectivity index (χ2n) is 16.8. The molecule has 8 heteroatoms. The molecule has 0 saturated heterocycles. The molecule has 0 unspecified atom stereocenters. The van der Waals surface area contributed by atoms with E-state index in [0.29, 0.717) is 17.1 Å². The molecule has 0 spiro atoms. The number of ether oxygens (including phenoxy) is 1. The van der Waals surface area contributed by atoms with E-state index >= 15 is 0 Å². The molecule has 3 aliphatic heterocycles. The zero-order chi connectivity index (χ0) is 44.5. The van der Waals surface area contributed by atoms with Crippen LogP contribution < -0.4 is 14.5 Å². The van der Waals surface area contributed by atoms with Crippen molar-refractivity contribution in [1.82, 2.24) is 14.4 Å². The van der Waals surface area contributed by atoms with Gasteiger partial charge in [-0.2, -0.15) is 12.1 Å². The van der Waals surface area contributed by atoms with Gasteiger partial charge >= 0.3 is 6.85 Å². The zero-order valence-corrected chi connectivity index (χ0v) is 37.2. The first-order chi connectivity index (χ1) is 31.5. The van der Waals surface area contributed by atoms with Crippen molar-refractivity contribution in [2.75, 3.05) is 9.80 Å². The van der Waals surface area contributed by atoms with Crippen molar-refractivity contribution < 1.29 is 29.9 Å². The first kappa shape index (κ1) is 36.8. The van der Waals surface area contributed by atoms with E-state index < -0.39 is 6.85 Å². The van der Waals surface area contributed by atoms with Crippen LogP contribution in [0.3, 0.4) is 0 Å². The van der Waals surface area contributed by atoms with Gasteiger partial charge in [-0.05, 0) is 70.2 Å². The Bertz CT molecular complexity index is 3280. The fourth-order valence-electron chi connectivity index (χ4n) is 8.68. The number of pyridine rings is 1. The number of hydrogen-bond acceptors (Lipinski definition) is 5. The Hall–Kier alpha value is -6.82. The molecule has 0 aliphatic carbocycles. The number of nitrogens with zero attached hydrogens (tertiary/aromatic N) is 5. The SMILES string of the molecule is [2H]C([2H])([2H])c1ccc(C2=CN3B(C=C2)C=CC(c2ccccc2)=C3N2[CH-]N(c3[c-]c(Oc4[c-]c5c(cc4)c4ccccc4n5-c4cc(C(C)(C)C)ccn4)ccc3)c3ccccc32)cc1.[Pt]. The van der Waals surface area contributed by atoms with E-state index in [1.165, 1.54) is 5.56 Å². The maximum Gasteiger partial charge on any atom is 0.314 e. The van der Waals surface area contributed by atoms with Crippen LogP contribution in [0.15, 0.2) is 188 Å². The Kier molecular flexibility index (Phi) is 9.43. The molecule has 0 saturated carbocycles. The third-order valence-corrected chi connectivity index (χ3v) is 11.8. The smallest absolute Gasteiger partial charge is 0.314 e. The van der Waals surface area contributed by atoms with E-state index in [1.54, 1.807) is 12.1 Å². The summed E-state index contributed by atoms with van der Waals surface area (Å²) in [5, 5.41) is 2.19. The van der Waals surface area contributed by atoms with Crippen molar-refractivity contribution in [3.63, 3.8) is 0 Å². The summed E-state index contributed by atoms with van der Waals surface area (Å²) in [6.07, 6.45) is 8.38. The summed E-state index contributed by atoms with van der Waals surface area (Å²) in [5.41, 5.74) is 10.3. The second-order valence-corrected chi connectivity index (χ2v) is 16.8. The van der Waals surface area contributed by atoms with Crippen LogP contribution in [0.4, 0.5) is 17.1 Å². The fraction of sp³-hybridized carbons (Fsp3) is 0.0909. The number of hydrogen-bond donors (Lipinski definition) is 0. The summed E-state index contributed by atoms with van der Waals surface area (Å²) in [5.74, 6) is 7.34. The van der Waals surface area contributed by atoms with Crippen molar-refractivity contribution in [1.29, 1.82) is 0 Å². The number of allylic oxidation sites excluding steroid dienone is 4. The minimum Gasteiger partial charge on any atom is -0.509 e. The molecule has 8 aromatic rings. The van der Waals surface area contributed by atoms with Gasteiger partial charge in [-0.25, -0.2) is 4.98 Å². The Morgan fingerprint density at radius 2 is 1.44 bits per heavy atom. The van der Waals surface area contributed by atoms with Crippen molar-refractivity contribution in [3.05, 3.63) is 229 Å². The number of para-hydroxylation sites is 3. The van der Waals surface area contributed by atoms with Gasteiger partial charge in [-0.3, -0.25) is 0 Å².